The molecule has 7 heteroatoms. The summed E-state index contributed by atoms with van der Waals surface area (Å²) >= 11 is 0. The summed E-state index contributed by atoms with van der Waals surface area (Å²) in [5, 5.41) is 17.0. The Balaban J connectivity index is 2.25. The van der Waals surface area contributed by atoms with Crippen molar-refractivity contribution in [2.75, 3.05) is 0 Å². The molecule has 0 atom stereocenters. The molecule has 0 radical (unpaired) electrons. The molecule has 0 fully saturated rings. The second kappa shape index (κ2) is 4.55. The third kappa shape index (κ3) is 1.99. The molecular formula is C14H12N4O3. The second-order valence-corrected chi connectivity index (χ2v) is 4.74. The lowest BCUT2D eigenvalue weighted by Gasteiger charge is -2.08. The maximum Gasteiger partial charge on any atom is 0.341 e. The normalized spacial score (nSPS) is 11.0. The first kappa shape index (κ1) is 13.0. The van der Waals surface area contributed by atoms with Gasteiger partial charge in [-0.1, -0.05) is 5.21 Å². The van der Waals surface area contributed by atoms with Crippen LogP contribution in [0.5, 0.6) is 0 Å². The van der Waals surface area contributed by atoms with Crippen molar-refractivity contribution < 1.29 is 9.90 Å². The minimum atomic E-state index is -1.23. The molecule has 2 heterocycles. The van der Waals surface area contributed by atoms with Gasteiger partial charge in [-0.25, -0.2) is 9.48 Å². The minimum Gasteiger partial charge on any atom is -0.477 e. The third-order valence-corrected chi connectivity index (χ3v) is 3.39. The van der Waals surface area contributed by atoms with Crippen LogP contribution in [0, 0.1) is 6.92 Å². The summed E-state index contributed by atoms with van der Waals surface area (Å²) in [7, 11) is 1.77. The Morgan fingerprint density at radius 3 is 2.76 bits per heavy atom. The molecule has 21 heavy (non-hydrogen) atoms. The molecule has 3 aromatic rings. The Hall–Kier alpha value is -2.96. The molecule has 3 rings (SSSR count). The molecule has 1 aromatic carbocycles. The van der Waals surface area contributed by atoms with E-state index in [-0.39, 0.29) is 5.56 Å². The first-order chi connectivity index (χ1) is 9.99. The number of fused-ring (bicyclic) bond motifs is 1. The molecule has 0 saturated carbocycles. The van der Waals surface area contributed by atoms with E-state index >= 15 is 0 Å². The number of nitrogens with zero attached hydrogens (tertiary/aromatic N) is 4. The van der Waals surface area contributed by atoms with Crippen LogP contribution in [-0.4, -0.2) is 30.6 Å². The molecule has 0 aliphatic carbocycles. The monoisotopic (exact) mass is 284 g/mol. The molecule has 0 aliphatic rings. The summed E-state index contributed by atoms with van der Waals surface area (Å²) in [5.74, 6) is -1.23. The van der Waals surface area contributed by atoms with Crippen molar-refractivity contribution in [3.8, 4) is 5.69 Å². The Bertz CT molecular complexity index is 924. The maximum absolute atomic E-state index is 12.3. The smallest absolute Gasteiger partial charge is 0.341 e. The van der Waals surface area contributed by atoms with Crippen molar-refractivity contribution in [2.24, 2.45) is 7.05 Å². The molecule has 7 nitrogen and oxygen atoms in total. The highest BCUT2D eigenvalue weighted by molar-refractivity contribution is 5.89. The molecule has 0 unspecified atom stereocenters. The number of hydrogen-bond donors (Lipinski definition) is 1. The first-order valence-corrected chi connectivity index (χ1v) is 6.24. The number of aromatic nitrogens is 4. The zero-order chi connectivity index (χ0) is 15.1. The Labute approximate surface area is 119 Å². The van der Waals surface area contributed by atoms with Crippen molar-refractivity contribution >= 4 is 17.0 Å². The van der Waals surface area contributed by atoms with Gasteiger partial charge in [-0.2, -0.15) is 0 Å². The van der Waals surface area contributed by atoms with Gasteiger partial charge in [-0.05, 0) is 36.8 Å². The van der Waals surface area contributed by atoms with Crippen molar-refractivity contribution in [3.05, 3.63) is 51.9 Å². The van der Waals surface area contributed by atoms with Crippen LogP contribution in [-0.2, 0) is 7.05 Å². The van der Waals surface area contributed by atoms with Gasteiger partial charge >= 0.3 is 5.97 Å². The van der Waals surface area contributed by atoms with E-state index in [0.29, 0.717) is 16.8 Å². The summed E-state index contributed by atoms with van der Waals surface area (Å²) < 4.78 is 2.92. The van der Waals surface area contributed by atoms with Crippen molar-refractivity contribution in [1.29, 1.82) is 0 Å². The molecule has 0 bridgehead atoms. The van der Waals surface area contributed by atoms with E-state index in [1.807, 2.05) is 0 Å². The van der Waals surface area contributed by atoms with Gasteiger partial charge in [0.2, 0.25) is 0 Å². The fourth-order valence-corrected chi connectivity index (χ4v) is 2.27. The Morgan fingerprint density at radius 1 is 1.29 bits per heavy atom. The van der Waals surface area contributed by atoms with Gasteiger partial charge in [0, 0.05) is 13.2 Å². The number of carboxylic acids is 1. The number of hydrogen-bond acceptors (Lipinski definition) is 4. The third-order valence-electron chi connectivity index (χ3n) is 3.39. The van der Waals surface area contributed by atoms with Crippen LogP contribution in [0.3, 0.4) is 0 Å². The van der Waals surface area contributed by atoms with Crippen LogP contribution in [0.2, 0.25) is 0 Å². The van der Waals surface area contributed by atoms with E-state index in [9.17, 15) is 9.59 Å². The van der Waals surface area contributed by atoms with Crippen LogP contribution in [0.25, 0.3) is 16.7 Å². The fraction of sp³-hybridized carbons (Fsp3) is 0.143. The van der Waals surface area contributed by atoms with E-state index in [0.717, 1.165) is 5.52 Å². The number of rotatable bonds is 2. The SMILES string of the molecule is Cc1ccn(-c2ccc3c(c2)nnn3C)c(=O)c1C(=O)O. The van der Waals surface area contributed by atoms with Crippen LogP contribution in [0.4, 0.5) is 0 Å². The van der Waals surface area contributed by atoms with E-state index in [1.54, 1.807) is 49.1 Å². The van der Waals surface area contributed by atoms with E-state index in [1.165, 1.54) is 4.57 Å². The summed E-state index contributed by atoms with van der Waals surface area (Å²) in [6.07, 6.45) is 1.56. The zero-order valence-electron chi connectivity index (χ0n) is 11.4. The van der Waals surface area contributed by atoms with Gasteiger partial charge in [-0.15, -0.1) is 5.10 Å². The molecule has 1 N–H and O–H groups in total. The van der Waals surface area contributed by atoms with Crippen LogP contribution in [0.1, 0.15) is 15.9 Å². The summed E-state index contributed by atoms with van der Waals surface area (Å²) in [5.41, 5.74) is 1.67. The second-order valence-electron chi connectivity index (χ2n) is 4.74. The number of aromatic carboxylic acids is 1. The summed E-state index contributed by atoms with van der Waals surface area (Å²) in [6.45, 7) is 1.60. The standard InChI is InChI=1S/C14H12N4O3/c1-8-5-6-18(13(19)12(8)14(20)21)9-3-4-11-10(7-9)15-16-17(11)2/h3-7H,1-2H3,(H,20,21). The molecule has 106 valence electrons. The largest absolute Gasteiger partial charge is 0.477 e. The van der Waals surface area contributed by atoms with Gasteiger partial charge in [0.1, 0.15) is 11.1 Å². The average molecular weight is 284 g/mol. The molecule has 2 aromatic heterocycles. The van der Waals surface area contributed by atoms with Gasteiger partial charge in [-0.3, -0.25) is 9.36 Å². The number of carbonyl (C=O) groups is 1. The predicted octanol–water partition coefficient (Wildman–Crippen LogP) is 1.13. The Kier molecular flexibility index (Phi) is 2.83. The van der Waals surface area contributed by atoms with Crippen LogP contribution >= 0.6 is 0 Å². The van der Waals surface area contributed by atoms with Gasteiger partial charge in [0.05, 0.1) is 11.2 Å². The molecule has 0 saturated heterocycles. The highest BCUT2D eigenvalue weighted by Crippen LogP contribution is 2.15. The highest BCUT2D eigenvalue weighted by Gasteiger charge is 2.15. The maximum atomic E-state index is 12.3. The van der Waals surface area contributed by atoms with Crippen molar-refractivity contribution in [3.63, 3.8) is 0 Å². The van der Waals surface area contributed by atoms with Crippen molar-refractivity contribution in [1.82, 2.24) is 19.6 Å². The summed E-state index contributed by atoms with van der Waals surface area (Å²) in [6, 6.07) is 6.82. The van der Waals surface area contributed by atoms with E-state index in [2.05, 4.69) is 10.3 Å². The lowest BCUT2D eigenvalue weighted by molar-refractivity contribution is 0.0694. The molecular weight excluding hydrogens is 272 g/mol. The van der Waals surface area contributed by atoms with Gasteiger partial charge in [0.15, 0.2) is 0 Å². The number of pyridine rings is 1. The number of aryl methyl sites for hydroxylation is 2. The van der Waals surface area contributed by atoms with E-state index in [4.69, 9.17) is 5.11 Å². The first-order valence-electron chi connectivity index (χ1n) is 6.24. The number of benzene rings is 1. The van der Waals surface area contributed by atoms with Crippen LogP contribution < -0.4 is 5.56 Å². The zero-order valence-corrected chi connectivity index (χ0v) is 11.4. The molecule has 0 amide bonds. The quantitative estimate of drug-likeness (QED) is 0.761. The average Bonchev–Trinajstić information content (AvgIpc) is 2.79. The minimum absolute atomic E-state index is 0.225. The molecule has 0 aliphatic heterocycles. The number of carboxylic acid groups (broad SMARTS) is 1. The van der Waals surface area contributed by atoms with Crippen molar-refractivity contribution in [2.45, 2.75) is 6.92 Å². The lowest BCUT2D eigenvalue weighted by Crippen LogP contribution is -2.26. The van der Waals surface area contributed by atoms with E-state index < -0.39 is 11.5 Å². The lowest BCUT2D eigenvalue weighted by atomic mass is 10.1. The molecule has 0 spiro atoms. The predicted molar refractivity (Wildman–Crippen MR) is 75.8 cm³/mol. The highest BCUT2D eigenvalue weighted by atomic mass is 16.4. The Morgan fingerprint density at radius 2 is 2.05 bits per heavy atom. The van der Waals surface area contributed by atoms with Gasteiger partial charge in [0.25, 0.3) is 5.56 Å². The topological polar surface area (TPSA) is 90.0 Å². The van der Waals surface area contributed by atoms with Gasteiger partial charge < -0.3 is 5.11 Å². The summed E-state index contributed by atoms with van der Waals surface area (Å²) in [4.78, 5) is 23.5. The van der Waals surface area contributed by atoms with Crippen LogP contribution in [0.15, 0.2) is 35.3 Å². The fourth-order valence-electron chi connectivity index (χ4n) is 2.27.